The lowest BCUT2D eigenvalue weighted by atomic mass is 9.79. The van der Waals surface area contributed by atoms with Crippen LogP contribution in [-0.4, -0.2) is 71.6 Å². The molecule has 0 radical (unpaired) electrons. The van der Waals surface area contributed by atoms with Gasteiger partial charge in [-0.25, -0.2) is 0 Å². The predicted molar refractivity (Wildman–Crippen MR) is 138 cm³/mol. The molecule has 0 aromatic carbocycles. The molecule has 6 heterocycles. The molecule has 0 bridgehead atoms. The van der Waals surface area contributed by atoms with Gasteiger partial charge in [-0.05, 0) is 127 Å². The fourth-order valence-corrected chi connectivity index (χ4v) is 9.41. The van der Waals surface area contributed by atoms with E-state index in [-0.39, 0.29) is 0 Å². The molecule has 3 heteroatoms. The summed E-state index contributed by atoms with van der Waals surface area (Å²) in [6.45, 7) is 9.50. The van der Waals surface area contributed by atoms with Crippen molar-refractivity contribution in [2.24, 2.45) is 23.7 Å². The van der Waals surface area contributed by atoms with E-state index in [1.54, 1.807) is 0 Å². The molecule has 5 saturated heterocycles. The number of rotatable bonds is 4. The van der Waals surface area contributed by atoms with Crippen molar-refractivity contribution in [2.75, 3.05) is 32.7 Å². The molecule has 186 valence electrons. The summed E-state index contributed by atoms with van der Waals surface area (Å²) in [6.07, 6.45) is 25.7. The average Bonchev–Trinajstić information content (AvgIpc) is 3.19. The third kappa shape index (κ3) is 4.98. The maximum absolute atomic E-state index is 3.01. The van der Waals surface area contributed by atoms with Crippen molar-refractivity contribution in [1.29, 1.82) is 0 Å². The topological polar surface area (TPSA) is 9.72 Å². The van der Waals surface area contributed by atoms with Crippen LogP contribution in [-0.2, 0) is 0 Å². The Morgan fingerprint density at radius 1 is 0.697 bits per heavy atom. The molecular weight excluding hydrogens is 402 g/mol. The van der Waals surface area contributed by atoms with Crippen LogP contribution in [0.1, 0.15) is 96.8 Å². The molecule has 6 aliphatic rings. The SMILES string of the molecule is CC1CCCN2C(CC3CCCN4CC(CC5CCC6CCCN6C5)CCCC34)C=CCC12. The van der Waals surface area contributed by atoms with Gasteiger partial charge in [0.1, 0.15) is 0 Å². The third-order valence-electron chi connectivity index (χ3n) is 11.1. The summed E-state index contributed by atoms with van der Waals surface area (Å²) >= 11 is 0. The van der Waals surface area contributed by atoms with E-state index in [9.17, 15) is 0 Å². The largest absolute Gasteiger partial charge is 0.300 e. The number of hydrogen-bond acceptors (Lipinski definition) is 3. The molecule has 0 spiro atoms. The Hall–Kier alpha value is -0.380. The first-order valence-corrected chi connectivity index (χ1v) is 15.1. The first-order valence-electron chi connectivity index (χ1n) is 15.1. The van der Waals surface area contributed by atoms with Crippen molar-refractivity contribution >= 4 is 0 Å². The molecule has 8 unspecified atom stereocenters. The number of fused-ring (bicyclic) bond motifs is 3. The highest BCUT2D eigenvalue weighted by Gasteiger charge is 2.40. The van der Waals surface area contributed by atoms with Crippen LogP contribution in [0.2, 0.25) is 0 Å². The third-order valence-corrected chi connectivity index (χ3v) is 11.1. The van der Waals surface area contributed by atoms with Crippen LogP contribution < -0.4 is 0 Å². The molecule has 33 heavy (non-hydrogen) atoms. The summed E-state index contributed by atoms with van der Waals surface area (Å²) in [4.78, 5) is 8.80. The molecule has 6 aliphatic heterocycles. The molecule has 0 amide bonds. The molecule has 0 aromatic heterocycles. The summed E-state index contributed by atoms with van der Waals surface area (Å²) in [5.41, 5.74) is 0. The van der Waals surface area contributed by atoms with Crippen LogP contribution in [0.3, 0.4) is 0 Å². The highest BCUT2D eigenvalue weighted by molar-refractivity contribution is 5.07. The first-order chi connectivity index (χ1) is 16.2. The molecule has 0 N–H and O–H groups in total. The van der Waals surface area contributed by atoms with Crippen molar-refractivity contribution < 1.29 is 0 Å². The van der Waals surface area contributed by atoms with Crippen LogP contribution >= 0.6 is 0 Å². The van der Waals surface area contributed by atoms with Crippen molar-refractivity contribution in [3.05, 3.63) is 12.2 Å². The normalized spacial score (nSPS) is 45.2. The highest BCUT2D eigenvalue weighted by atomic mass is 15.2. The second-order valence-corrected chi connectivity index (χ2v) is 13.1. The zero-order valence-corrected chi connectivity index (χ0v) is 21.6. The molecule has 3 nitrogen and oxygen atoms in total. The zero-order chi connectivity index (χ0) is 22.2. The first kappa shape index (κ1) is 23.0. The van der Waals surface area contributed by atoms with Gasteiger partial charge in [-0.3, -0.25) is 9.80 Å². The molecule has 6 rings (SSSR count). The fraction of sp³-hybridized carbons (Fsp3) is 0.933. The van der Waals surface area contributed by atoms with Crippen LogP contribution in [0.15, 0.2) is 12.2 Å². The Morgan fingerprint density at radius 2 is 1.52 bits per heavy atom. The van der Waals surface area contributed by atoms with Gasteiger partial charge < -0.3 is 4.90 Å². The van der Waals surface area contributed by atoms with Crippen molar-refractivity contribution in [2.45, 2.75) is 121 Å². The van der Waals surface area contributed by atoms with Gasteiger partial charge in [0.25, 0.3) is 0 Å². The van der Waals surface area contributed by atoms with E-state index >= 15 is 0 Å². The lowest BCUT2D eigenvalue weighted by Crippen LogP contribution is -2.53. The minimum Gasteiger partial charge on any atom is -0.300 e. The van der Waals surface area contributed by atoms with Crippen molar-refractivity contribution in [1.82, 2.24) is 14.7 Å². The van der Waals surface area contributed by atoms with Gasteiger partial charge in [0.2, 0.25) is 0 Å². The molecule has 0 aromatic rings. The maximum Gasteiger partial charge on any atom is 0.0284 e. The lowest BCUT2D eigenvalue weighted by Gasteiger charge is -2.48. The van der Waals surface area contributed by atoms with E-state index in [1.807, 2.05) is 0 Å². The standard InChI is InChI=1S/C30H51N3/c1-23-7-4-18-33-28(10-3-12-29(23)33)20-26-9-5-17-32-22-24(8-2-13-30(26)32)19-25-14-15-27-11-6-16-31(27)21-25/h3,10,23-30H,2,4-9,11-22H2,1H3. The van der Waals surface area contributed by atoms with Crippen molar-refractivity contribution in [3.63, 3.8) is 0 Å². The van der Waals surface area contributed by atoms with E-state index in [0.29, 0.717) is 0 Å². The van der Waals surface area contributed by atoms with Crippen molar-refractivity contribution in [3.8, 4) is 0 Å². The van der Waals surface area contributed by atoms with Gasteiger partial charge >= 0.3 is 0 Å². The van der Waals surface area contributed by atoms with Gasteiger partial charge in [-0.1, -0.05) is 25.5 Å². The number of nitrogens with zero attached hydrogens (tertiary/aromatic N) is 3. The Labute approximate surface area is 204 Å². The van der Waals surface area contributed by atoms with Gasteiger partial charge in [-0.15, -0.1) is 0 Å². The maximum atomic E-state index is 3.01. The quantitative estimate of drug-likeness (QED) is 0.487. The van der Waals surface area contributed by atoms with Crippen LogP contribution in [0.4, 0.5) is 0 Å². The summed E-state index contributed by atoms with van der Waals surface area (Å²) in [7, 11) is 0. The molecule has 0 aliphatic carbocycles. The molecule has 5 fully saturated rings. The Balaban J connectivity index is 1.06. The Kier molecular flexibility index (Phi) is 7.20. The van der Waals surface area contributed by atoms with Gasteiger partial charge in [-0.2, -0.15) is 0 Å². The smallest absolute Gasteiger partial charge is 0.0284 e. The van der Waals surface area contributed by atoms with E-state index in [1.165, 1.54) is 123 Å². The minimum absolute atomic E-state index is 0.728. The minimum atomic E-state index is 0.728. The number of piperidine rings is 3. The number of hydrogen-bond donors (Lipinski definition) is 0. The predicted octanol–water partition coefficient (Wildman–Crippen LogP) is 5.95. The van der Waals surface area contributed by atoms with E-state index in [0.717, 1.165) is 47.8 Å². The lowest BCUT2D eigenvalue weighted by molar-refractivity contribution is 0.0288. The molecular formula is C30H51N3. The van der Waals surface area contributed by atoms with Gasteiger partial charge in [0.05, 0.1) is 0 Å². The summed E-state index contributed by atoms with van der Waals surface area (Å²) < 4.78 is 0. The highest BCUT2D eigenvalue weighted by Crippen LogP contribution is 2.40. The second-order valence-electron chi connectivity index (χ2n) is 13.1. The zero-order valence-electron chi connectivity index (χ0n) is 21.6. The summed E-state index contributed by atoms with van der Waals surface area (Å²) in [6, 6.07) is 3.40. The summed E-state index contributed by atoms with van der Waals surface area (Å²) in [5, 5.41) is 0. The van der Waals surface area contributed by atoms with Gasteiger partial charge in [0, 0.05) is 37.3 Å². The van der Waals surface area contributed by atoms with Crippen LogP contribution in [0, 0.1) is 23.7 Å². The van der Waals surface area contributed by atoms with E-state index in [4.69, 9.17) is 0 Å². The Bertz CT molecular complexity index is 675. The molecule has 0 saturated carbocycles. The summed E-state index contributed by atoms with van der Waals surface area (Å²) in [5.74, 6) is 3.79. The van der Waals surface area contributed by atoms with E-state index in [2.05, 4.69) is 33.8 Å². The Morgan fingerprint density at radius 3 is 2.48 bits per heavy atom. The van der Waals surface area contributed by atoms with E-state index < -0.39 is 0 Å². The fourth-order valence-electron chi connectivity index (χ4n) is 9.41. The van der Waals surface area contributed by atoms with Crippen LogP contribution in [0.5, 0.6) is 0 Å². The van der Waals surface area contributed by atoms with Gasteiger partial charge in [0.15, 0.2) is 0 Å². The van der Waals surface area contributed by atoms with Crippen LogP contribution in [0.25, 0.3) is 0 Å². The average molecular weight is 454 g/mol. The second kappa shape index (κ2) is 10.3. The molecule has 8 atom stereocenters. The monoisotopic (exact) mass is 453 g/mol.